The summed E-state index contributed by atoms with van der Waals surface area (Å²) in [5, 5.41) is 20.1. The fourth-order valence-electron chi connectivity index (χ4n) is 6.30. The minimum Gasteiger partial charge on any atom is -0.486 e. The first kappa shape index (κ1) is 41.1. The maximum absolute atomic E-state index is 13.0. The summed E-state index contributed by atoms with van der Waals surface area (Å²) in [6.45, 7) is 2.45. The number of carboxylic acids is 2. The van der Waals surface area contributed by atoms with Crippen LogP contribution in [0.25, 0.3) is 0 Å². The first-order valence-electron chi connectivity index (χ1n) is 18.1. The van der Waals surface area contributed by atoms with Crippen molar-refractivity contribution in [2.24, 2.45) is 5.92 Å². The highest BCUT2D eigenvalue weighted by Gasteiger charge is 2.36. The van der Waals surface area contributed by atoms with Gasteiger partial charge in [-0.2, -0.15) is 13.2 Å². The van der Waals surface area contributed by atoms with Gasteiger partial charge in [-0.15, -0.1) is 0 Å². The molecule has 0 aromatic heterocycles. The minimum atomic E-state index is -4.46. The molecular formula is C39H58F3NO5. The van der Waals surface area contributed by atoms with Gasteiger partial charge in [-0.25, -0.2) is 0 Å². The maximum Gasteiger partial charge on any atom is 0.416 e. The van der Waals surface area contributed by atoms with E-state index in [0.717, 1.165) is 37.0 Å². The number of halogens is 3. The molecular weight excluding hydrogens is 619 g/mol. The average Bonchev–Trinajstić information content (AvgIpc) is 3.05. The van der Waals surface area contributed by atoms with E-state index in [1.807, 2.05) is 30.3 Å². The number of alkyl halides is 3. The summed E-state index contributed by atoms with van der Waals surface area (Å²) in [6, 6.07) is 12.4. The molecule has 2 rings (SSSR count). The molecule has 2 aromatic carbocycles. The van der Waals surface area contributed by atoms with Crippen LogP contribution in [0.4, 0.5) is 13.2 Å². The summed E-state index contributed by atoms with van der Waals surface area (Å²) in [5.74, 6) is -3.14. The summed E-state index contributed by atoms with van der Waals surface area (Å²) in [5.41, 5.74) is -0.000162. The van der Waals surface area contributed by atoms with Gasteiger partial charge in [-0.3, -0.25) is 14.5 Å². The van der Waals surface area contributed by atoms with Crippen LogP contribution in [0.3, 0.4) is 0 Å². The summed E-state index contributed by atoms with van der Waals surface area (Å²) in [6.07, 6.45) is 14.9. The van der Waals surface area contributed by atoms with Crippen molar-refractivity contribution in [1.82, 2.24) is 4.90 Å². The van der Waals surface area contributed by atoms with Crippen molar-refractivity contribution < 1.29 is 37.7 Å². The van der Waals surface area contributed by atoms with E-state index in [4.69, 9.17) is 4.74 Å². The zero-order valence-corrected chi connectivity index (χ0v) is 29.1. The second kappa shape index (κ2) is 23.3. The van der Waals surface area contributed by atoms with E-state index in [1.165, 1.54) is 89.2 Å². The van der Waals surface area contributed by atoms with Crippen LogP contribution < -0.4 is 4.74 Å². The van der Waals surface area contributed by atoms with Crippen molar-refractivity contribution >= 4 is 11.9 Å². The molecule has 3 unspecified atom stereocenters. The van der Waals surface area contributed by atoms with E-state index in [-0.39, 0.29) is 18.7 Å². The SMILES string of the molecule is CCCCCCCCCCCCCCCCCCC(C(=O)O)C(C(=O)O)N(C)CCC(Oc1ccc(C(F)(F)F)cc1)c1ccccc1. The Hall–Kier alpha value is -3.07. The van der Waals surface area contributed by atoms with Gasteiger partial charge in [0.25, 0.3) is 0 Å². The lowest BCUT2D eigenvalue weighted by Crippen LogP contribution is -2.47. The molecule has 3 atom stereocenters. The Balaban J connectivity index is 1.79. The van der Waals surface area contributed by atoms with Crippen molar-refractivity contribution in [3.05, 3.63) is 65.7 Å². The van der Waals surface area contributed by atoms with Gasteiger partial charge in [0.05, 0.1) is 11.5 Å². The van der Waals surface area contributed by atoms with Gasteiger partial charge >= 0.3 is 18.1 Å². The number of aliphatic carboxylic acids is 2. The van der Waals surface area contributed by atoms with E-state index in [2.05, 4.69) is 6.92 Å². The Labute approximate surface area is 286 Å². The number of carboxylic acid groups (broad SMARTS) is 2. The van der Waals surface area contributed by atoms with Crippen LogP contribution in [-0.4, -0.2) is 46.7 Å². The Morgan fingerprint density at radius 1 is 0.688 bits per heavy atom. The van der Waals surface area contributed by atoms with Gasteiger partial charge in [-0.1, -0.05) is 140 Å². The first-order valence-corrected chi connectivity index (χ1v) is 18.1. The number of rotatable bonds is 27. The van der Waals surface area contributed by atoms with Crippen LogP contribution in [0.15, 0.2) is 54.6 Å². The first-order chi connectivity index (χ1) is 23.0. The number of hydrogen-bond acceptors (Lipinski definition) is 4. The lowest BCUT2D eigenvalue weighted by molar-refractivity contribution is -0.155. The molecule has 0 spiro atoms. The third-order valence-corrected chi connectivity index (χ3v) is 9.17. The topological polar surface area (TPSA) is 87.1 Å². The van der Waals surface area contributed by atoms with Crippen molar-refractivity contribution in [3.8, 4) is 5.75 Å². The summed E-state index contributed by atoms with van der Waals surface area (Å²) in [4.78, 5) is 26.1. The number of likely N-dealkylation sites (N-methyl/N-ethyl adjacent to an activating group) is 1. The fraction of sp³-hybridized carbons (Fsp3) is 0.641. The lowest BCUT2D eigenvalue weighted by Gasteiger charge is -2.31. The standard InChI is InChI=1S/C39H58F3NO5/c1-3-4-5-6-7-8-9-10-11-12-13-14-15-16-17-21-24-34(37(44)45)36(38(46)47)43(2)30-29-35(31-22-19-18-20-23-31)48-33-27-25-32(26-28-33)39(40,41)42/h18-20,22-23,25-28,34-36H,3-17,21,24,29-30H2,1-2H3,(H,44,45)(H,46,47). The second-order valence-corrected chi connectivity index (χ2v) is 13.1. The zero-order valence-electron chi connectivity index (χ0n) is 29.1. The van der Waals surface area contributed by atoms with E-state index in [1.54, 1.807) is 11.9 Å². The van der Waals surface area contributed by atoms with Crippen molar-refractivity contribution in [3.63, 3.8) is 0 Å². The Morgan fingerprint density at radius 2 is 1.17 bits per heavy atom. The summed E-state index contributed by atoms with van der Waals surface area (Å²) < 4.78 is 45.2. The second-order valence-electron chi connectivity index (χ2n) is 13.1. The Bertz CT molecular complexity index is 1140. The van der Waals surface area contributed by atoms with E-state index >= 15 is 0 Å². The molecule has 0 saturated carbocycles. The molecule has 0 fully saturated rings. The average molecular weight is 678 g/mol. The smallest absolute Gasteiger partial charge is 0.416 e. The quantitative estimate of drug-likeness (QED) is 0.0915. The predicted molar refractivity (Wildman–Crippen MR) is 185 cm³/mol. The summed E-state index contributed by atoms with van der Waals surface area (Å²) in [7, 11) is 1.60. The minimum absolute atomic E-state index is 0.208. The van der Waals surface area contributed by atoms with E-state index in [0.29, 0.717) is 12.8 Å². The van der Waals surface area contributed by atoms with Gasteiger partial charge in [0, 0.05) is 13.0 Å². The van der Waals surface area contributed by atoms with E-state index < -0.39 is 41.7 Å². The van der Waals surface area contributed by atoms with Crippen LogP contribution in [-0.2, 0) is 15.8 Å². The largest absolute Gasteiger partial charge is 0.486 e. The molecule has 2 aromatic rings. The van der Waals surface area contributed by atoms with Crippen LogP contribution in [0.2, 0.25) is 0 Å². The number of hydrogen-bond donors (Lipinski definition) is 2. The molecule has 9 heteroatoms. The number of carbonyl (C=O) groups is 2. The molecule has 6 nitrogen and oxygen atoms in total. The van der Waals surface area contributed by atoms with Gasteiger partial charge in [0.1, 0.15) is 17.9 Å². The molecule has 270 valence electrons. The fourth-order valence-corrected chi connectivity index (χ4v) is 6.30. The zero-order chi connectivity index (χ0) is 35.2. The van der Waals surface area contributed by atoms with Gasteiger partial charge in [0.2, 0.25) is 0 Å². The molecule has 0 amide bonds. The number of nitrogens with zero attached hydrogens (tertiary/aromatic N) is 1. The molecule has 0 bridgehead atoms. The monoisotopic (exact) mass is 677 g/mol. The Morgan fingerprint density at radius 3 is 1.60 bits per heavy atom. The molecule has 0 radical (unpaired) electrons. The lowest BCUT2D eigenvalue weighted by atomic mass is 9.91. The summed E-state index contributed by atoms with van der Waals surface area (Å²) >= 11 is 0. The van der Waals surface area contributed by atoms with Crippen LogP contribution in [0.1, 0.15) is 140 Å². The third kappa shape index (κ3) is 16.4. The highest BCUT2D eigenvalue weighted by molar-refractivity contribution is 5.82. The third-order valence-electron chi connectivity index (χ3n) is 9.17. The Kier molecular flexibility index (Phi) is 20.0. The molecule has 0 aliphatic carbocycles. The van der Waals surface area contributed by atoms with Crippen LogP contribution in [0, 0.1) is 5.92 Å². The van der Waals surface area contributed by atoms with E-state index in [9.17, 15) is 33.0 Å². The van der Waals surface area contributed by atoms with Crippen molar-refractivity contribution in [2.45, 2.75) is 141 Å². The highest BCUT2D eigenvalue weighted by atomic mass is 19.4. The maximum atomic E-state index is 13.0. The number of ether oxygens (including phenoxy) is 1. The van der Waals surface area contributed by atoms with Gasteiger partial charge in [-0.05, 0) is 43.3 Å². The molecule has 48 heavy (non-hydrogen) atoms. The normalized spacial score (nSPS) is 13.7. The molecule has 0 heterocycles. The van der Waals surface area contributed by atoms with Gasteiger partial charge < -0.3 is 14.9 Å². The molecule has 0 aliphatic heterocycles. The van der Waals surface area contributed by atoms with Crippen molar-refractivity contribution in [2.75, 3.05) is 13.6 Å². The molecule has 0 aliphatic rings. The molecule has 0 saturated heterocycles. The van der Waals surface area contributed by atoms with Crippen molar-refractivity contribution in [1.29, 1.82) is 0 Å². The highest BCUT2D eigenvalue weighted by Crippen LogP contribution is 2.32. The van der Waals surface area contributed by atoms with Gasteiger partial charge in [0.15, 0.2) is 0 Å². The van der Waals surface area contributed by atoms with Crippen LogP contribution in [0.5, 0.6) is 5.75 Å². The molecule has 2 N–H and O–H groups in total. The predicted octanol–water partition coefficient (Wildman–Crippen LogP) is 11.0. The van der Waals surface area contributed by atoms with Crippen LogP contribution >= 0.6 is 0 Å². The number of benzene rings is 2. The number of unbranched alkanes of at least 4 members (excludes halogenated alkanes) is 15.